The third kappa shape index (κ3) is 1.84. The highest BCUT2D eigenvalue weighted by Gasteiger charge is 2.05. The maximum Gasteiger partial charge on any atom is 0.150 e. The molecule has 0 atom stereocenters. The van der Waals surface area contributed by atoms with Crippen molar-refractivity contribution in [1.29, 1.82) is 5.26 Å². The van der Waals surface area contributed by atoms with Gasteiger partial charge in [0.2, 0.25) is 0 Å². The van der Waals surface area contributed by atoms with Gasteiger partial charge in [-0.2, -0.15) is 5.26 Å². The Balaban J connectivity index is 3.41. The predicted octanol–water partition coefficient (Wildman–Crippen LogP) is 2.74. The van der Waals surface area contributed by atoms with Gasteiger partial charge in [-0.15, -0.1) is 0 Å². The molecule has 0 saturated heterocycles. The van der Waals surface area contributed by atoms with Crippen molar-refractivity contribution in [2.75, 3.05) is 0 Å². The normalized spacial score (nSPS) is 9.08. The Kier molecular flexibility index (Phi) is 3.23. The van der Waals surface area contributed by atoms with Crippen molar-refractivity contribution >= 4 is 44.8 Å². The smallest absolute Gasteiger partial charge is 0.150 e. The number of benzene rings is 1. The number of nitriles is 1. The minimum absolute atomic E-state index is 0.490. The lowest BCUT2D eigenvalue weighted by Gasteiger charge is -1.99. The van der Waals surface area contributed by atoms with Crippen LogP contribution in [0.5, 0.6) is 0 Å². The first-order valence-electron chi connectivity index (χ1n) is 3.03. The zero-order valence-electron chi connectivity index (χ0n) is 5.84. The van der Waals surface area contributed by atoms with Crippen molar-refractivity contribution in [3.05, 3.63) is 31.3 Å². The molecule has 0 amide bonds. The van der Waals surface area contributed by atoms with E-state index >= 15 is 0 Å². The first-order chi connectivity index (χ1) is 5.69. The molecule has 1 aromatic rings. The van der Waals surface area contributed by atoms with Crippen molar-refractivity contribution < 1.29 is 4.79 Å². The maximum absolute atomic E-state index is 10.4. The number of carbonyl (C=O) groups excluding carboxylic acids is 1. The van der Waals surface area contributed by atoms with Crippen LogP contribution in [0.25, 0.3) is 0 Å². The van der Waals surface area contributed by atoms with Gasteiger partial charge >= 0.3 is 0 Å². The molecule has 0 aromatic heterocycles. The number of carbonyl (C=O) groups is 1. The summed E-state index contributed by atoms with van der Waals surface area (Å²) in [6, 6.07) is 5.28. The summed E-state index contributed by atoms with van der Waals surface area (Å²) in [6.07, 6.45) is 0.732. The minimum Gasteiger partial charge on any atom is -0.298 e. The molecule has 0 radical (unpaired) electrons. The highest BCUT2D eigenvalue weighted by atomic mass is 127. The van der Waals surface area contributed by atoms with Crippen molar-refractivity contribution in [2.24, 2.45) is 0 Å². The molecule has 60 valence electrons. The Labute approximate surface area is 91.8 Å². The molecule has 0 saturated carbocycles. The fourth-order valence-electron chi connectivity index (χ4n) is 0.759. The zero-order chi connectivity index (χ0) is 9.14. The van der Waals surface area contributed by atoms with Crippen LogP contribution < -0.4 is 0 Å². The molecule has 0 aliphatic carbocycles. The van der Waals surface area contributed by atoms with Gasteiger partial charge in [0, 0.05) is 13.6 Å². The lowest BCUT2D eigenvalue weighted by atomic mass is 10.1. The molecule has 0 aliphatic heterocycles. The Morgan fingerprint density at radius 2 is 2.25 bits per heavy atom. The maximum atomic E-state index is 10.4. The van der Waals surface area contributed by atoms with E-state index in [9.17, 15) is 4.79 Å². The first kappa shape index (κ1) is 9.68. The van der Waals surface area contributed by atoms with Gasteiger partial charge in [0.25, 0.3) is 0 Å². The number of halogens is 2. The van der Waals surface area contributed by atoms with E-state index in [2.05, 4.69) is 38.5 Å². The molecule has 0 heterocycles. The van der Waals surface area contributed by atoms with Gasteiger partial charge in [0.1, 0.15) is 12.4 Å². The second kappa shape index (κ2) is 4.01. The third-order valence-corrected chi connectivity index (χ3v) is 3.75. The van der Waals surface area contributed by atoms with E-state index in [1.165, 1.54) is 0 Å². The SMILES string of the molecule is N#Cc1cc(C=O)cc(I)c1Br. The van der Waals surface area contributed by atoms with Crippen LogP contribution in [0, 0.1) is 14.9 Å². The standard InChI is InChI=1S/C8H3BrINO/c9-8-6(3-11)1-5(4-12)2-7(8)10/h1-2,4H. The van der Waals surface area contributed by atoms with Gasteiger partial charge in [-0.05, 0) is 50.7 Å². The Bertz CT molecular complexity index is 370. The molecule has 4 heteroatoms. The molecule has 0 spiro atoms. The predicted molar refractivity (Wildman–Crippen MR) is 57.0 cm³/mol. The Morgan fingerprint density at radius 1 is 1.58 bits per heavy atom. The average Bonchev–Trinajstić information content (AvgIpc) is 2.09. The van der Waals surface area contributed by atoms with E-state index in [0.29, 0.717) is 11.1 Å². The molecule has 0 bridgehead atoms. The van der Waals surface area contributed by atoms with E-state index < -0.39 is 0 Å². The monoisotopic (exact) mass is 335 g/mol. The van der Waals surface area contributed by atoms with Gasteiger partial charge in [0.05, 0.1) is 5.56 Å². The highest BCUT2D eigenvalue weighted by molar-refractivity contribution is 14.1. The highest BCUT2D eigenvalue weighted by Crippen LogP contribution is 2.24. The third-order valence-electron chi connectivity index (χ3n) is 1.31. The van der Waals surface area contributed by atoms with E-state index in [1.807, 2.05) is 6.07 Å². The quantitative estimate of drug-likeness (QED) is 0.585. The largest absolute Gasteiger partial charge is 0.298 e. The van der Waals surface area contributed by atoms with Crippen LogP contribution in [-0.2, 0) is 0 Å². The summed E-state index contributed by atoms with van der Waals surface area (Å²) in [5, 5.41) is 8.66. The summed E-state index contributed by atoms with van der Waals surface area (Å²) in [5.74, 6) is 0. The van der Waals surface area contributed by atoms with Crippen LogP contribution in [0.15, 0.2) is 16.6 Å². The number of rotatable bonds is 1. The summed E-state index contributed by atoms with van der Waals surface area (Å²) >= 11 is 5.32. The molecule has 0 aliphatic rings. The molecule has 12 heavy (non-hydrogen) atoms. The summed E-state index contributed by atoms with van der Waals surface area (Å²) in [5.41, 5.74) is 1.02. The van der Waals surface area contributed by atoms with E-state index in [1.54, 1.807) is 12.1 Å². The first-order valence-corrected chi connectivity index (χ1v) is 4.90. The van der Waals surface area contributed by atoms with Crippen LogP contribution in [0.4, 0.5) is 0 Å². The van der Waals surface area contributed by atoms with Gasteiger partial charge in [-0.3, -0.25) is 4.79 Å². The van der Waals surface area contributed by atoms with E-state index in [-0.39, 0.29) is 0 Å². The summed E-state index contributed by atoms with van der Waals surface area (Å²) in [7, 11) is 0. The Morgan fingerprint density at radius 3 is 2.75 bits per heavy atom. The van der Waals surface area contributed by atoms with Gasteiger partial charge in [-0.25, -0.2) is 0 Å². The molecular formula is C8H3BrINO. The van der Waals surface area contributed by atoms with Gasteiger partial charge < -0.3 is 0 Å². The average molecular weight is 336 g/mol. The second-order valence-corrected chi connectivity index (χ2v) is 4.05. The molecule has 1 aromatic carbocycles. The van der Waals surface area contributed by atoms with Crippen molar-refractivity contribution in [3.8, 4) is 6.07 Å². The number of hydrogen-bond donors (Lipinski definition) is 0. The summed E-state index contributed by atoms with van der Waals surface area (Å²) in [6.45, 7) is 0. The molecule has 0 fully saturated rings. The number of hydrogen-bond acceptors (Lipinski definition) is 2. The van der Waals surface area contributed by atoms with Crippen molar-refractivity contribution in [1.82, 2.24) is 0 Å². The summed E-state index contributed by atoms with van der Waals surface area (Å²) in [4.78, 5) is 10.4. The van der Waals surface area contributed by atoms with Crippen molar-refractivity contribution in [3.63, 3.8) is 0 Å². The molecule has 0 N–H and O–H groups in total. The zero-order valence-corrected chi connectivity index (χ0v) is 9.59. The summed E-state index contributed by atoms with van der Waals surface area (Å²) < 4.78 is 1.62. The Hall–Kier alpha value is -0.410. The van der Waals surface area contributed by atoms with E-state index in [4.69, 9.17) is 5.26 Å². The number of nitrogens with zero attached hydrogens (tertiary/aromatic N) is 1. The topological polar surface area (TPSA) is 40.9 Å². The van der Waals surface area contributed by atoms with Crippen LogP contribution in [-0.4, -0.2) is 6.29 Å². The lowest BCUT2D eigenvalue weighted by Crippen LogP contribution is -1.87. The molecule has 2 nitrogen and oxygen atoms in total. The molecular weight excluding hydrogens is 333 g/mol. The lowest BCUT2D eigenvalue weighted by molar-refractivity contribution is 0.112. The fraction of sp³-hybridized carbons (Fsp3) is 0. The molecule has 0 unspecified atom stereocenters. The van der Waals surface area contributed by atoms with Crippen LogP contribution >= 0.6 is 38.5 Å². The van der Waals surface area contributed by atoms with Crippen molar-refractivity contribution in [2.45, 2.75) is 0 Å². The second-order valence-electron chi connectivity index (χ2n) is 2.09. The van der Waals surface area contributed by atoms with Gasteiger partial charge in [-0.1, -0.05) is 0 Å². The molecule has 1 rings (SSSR count). The van der Waals surface area contributed by atoms with Crippen LogP contribution in [0.3, 0.4) is 0 Å². The van der Waals surface area contributed by atoms with Crippen LogP contribution in [0.1, 0.15) is 15.9 Å². The minimum atomic E-state index is 0.490. The van der Waals surface area contributed by atoms with Gasteiger partial charge in [0.15, 0.2) is 0 Å². The van der Waals surface area contributed by atoms with Crippen LogP contribution in [0.2, 0.25) is 0 Å². The fourth-order valence-corrected chi connectivity index (χ4v) is 1.73. The number of aldehydes is 1. The van der Waals surface area contributed by atoms with E-state index in [0.717, 1.165) is 14.3 Å².